The number of ether oxygens (including phenoxy) is 1. The van der Waals surface area contributed by atoms with E-state index in [-0.39, 0.29) is 17.3 Å². The highest BCUT2D eigenvalue weighted by atomic mass is 79.9. The number of rotatable bonds is 2. The number of hydrogen-bond acceptors (Lipinski definition) is 4. The quantitative estimate of drug-likeness (QED) is 0.789. The van der Waals surface area contributed by atoms with Crippen LogP contribution in [0.15, 0.2) is 50.1 Å². The van der Waals surface area contributed by atoms with Crippen molar-refractivity contribution in [1.29, 1.82) is 0 Å². The molecule has 1 aromatic rings. The lowest BCUT2D eigenvalue weighted by atomic mass is 10.1. The van der Waals surface area contributed by atoms with Gasteiger partial charge < -0.3 is 9.84 Å². The first kappa shape index (κ1) is 14.0. The fourth-order valence-corrected chi connectivity index (χ4v) is 2.65. The lowest BCUT2D eigenvalue weighted by molar-refractivity contribution is -0.114. The molecule has 0 aromatic heterocycles. The second kappa shape index (κ2) is 5.71. The molecule has 4 nitrogen and oxygen atoms in total. The van der Waals surface area contributed by atoms with Gasteiger partial charge in [0.25, 0.3) is 0 Å². The predicted molar refractivity (Wildman–Crippen MR) is 79.8 cm³/mol. The molecule has 19 heavy (non-hydrogen) atoms. The number of methoxy groups -OCH3 is 1. The van der Waals surface area contributed by atoms with Crippen molar-refractivity contribution >= 4 is 49.0 Å². The van der Waals surface area contributed by atoms with E-state index in [1.165, 1.54) is 13.2 Å². The van der Waals surface area contributed by atoms with Crippen LogP contribution in [0.1, 0.15) is 0 Å². The molecular weight excluding hydrogens is 378 g/mol. The van der Waals surface area contributed by atoms with Crippen molar-refractivity contribution in [2.24, 2.45) is 4.99 Å². The molecule has 98 valence electrons. The van der Waals surface area contributed by atoms with Gasteiger partial charge in [0.15, 0.2) is 5.76 Å². The SMILES string of the molecule is COC1=CC(=Nc2cc(Br)c(O)c(Br)c2)C=CC1=O. The van der Waals surface area contributed by atoms with Gasteiger partial charge in [-0.25, -0.2) is 4.99 Å². The molecule has 1 aliphatic carbocycles. The number of aliphatic imine (C=N–C) groups is 1. The molecule has 0 unspecified atom stereocenters. The number of halogens is 2. The maximum absolute atomic E-state index is 11.4. The van der Waals surface area contributed by atoms with Crippen LogP contribution in [0.25, 0.3) is 0 Å². The number of phenols is 1. The fourth-order valence-electron chi connectivity index (χ4n) is 1.49. The average molecular weight is 387 g/mol. The van der Waals surface area contributed by atoms with Gasteiger partial charge in [0.05, 0.1) is 27.5 Å². The third-order valence-corrected chi connectivity index (χ3v) is 3.62. The molecule has 0 atom stereocenters. The smallest absolute Gasteiger partial charge is 0.220 e. The van der Waals surface area contributed by atoms with E-state index in [2.05, 4.69) is 36.9 Å². The van der Waals surface area contributed by atoms with Gasteiger partial charge in [-0.1, -0.05) is 0 Å². The fraction of sp³-hybridized carbons (Fsp3) is 0.0769. The number of phenolic OH excluding ortho intramolecular Hbond substituents is 1. The van der Waals surface area contributed by atoms with Crippen molar-refractivity contribution in [2.45, 2.75) is 0 Å². The molecule has 0 amide bonds. The van der Waals surface area contributed by atoms with Crippen LogP contribution in [-0.2, 0) is 9.53 Å². The molecular formula is C13H9Br2NO3. The van der Waals surface area contributed by atoms with Crippen LogP contribution >= 0.6 is 31.9 Å². The molecule has 0 heterocycles. The second-order valence-electron chi connectivity index (χ2n) is 3.70. The first-order chi connectivity index (χ1) is 9.01. The van der Waals surface area contributed by atoms with Gasteiger partial charge in [-0.15, -0.1) is 0 Å². The summed E-state index contributed by atoms with van der Waals surface area (Å²) in [6.45, 7) is 0. The van der Waals surface area contributed by atoms with Gasteiger partial charge in [-0.2, -0.15) is 0 Å². The van der Waals surface area contributed by atoms with Crippen LogP contribution < -0.4 is 0 Å². The minimum atomic E-state index is -0.186. The summed E-state index contributed by atoms with van der Waals surface area (Å²) < 4.78 is 6.03. The zero-order valence-electron chi connectivity index (χ0n) is 9.85. The number of allylic oxidation sites excluding steroid dienone is 3. The van der Waals surface area contributed by atoms with Crippen LogP contribution in [0.2, 0.25) is 0 Å². The third-order valence-electron chi connectivity index (χ3n) is 2.41. The summed E-state index contributed by atoms with van der Waals surface area (Å²) in [7, 11) is 1.44. The van der Waals surface area contributed by atoms with Crippen molar-refractivity contribution < 1.29 is 14.6 Å². The number of hydrogen-bond donors (Lipinski definition) is 1. The highest BCUT2D eigenvalue weighted by molar-refractivity contribution is 9.11. The number of carbonyl (C=O) groups is 1. The maximum atomic E-state index is 11.4. The molecule has 0 saturated carbocycles. The van der Waals surface area contributed by atoms with Gasteiger partial charge in [-0.05, 0) is 56.1 Å². The molecule has 0 fully saturated rings. The summed E-state index contributed by atoms with van der Waals surface area (Å²) in [6.07, 6.45) is 4.58. The Morgan fingerprint density at radius 3 is 2.42 bits per heavy atom. The maximum Gasteiger partial charge on any atom is 0.220 e. The van der Waals surface area contributed by atoms with Crippen molar-refractivity contribution in [3.63, 3.8) is 0 Å². The number of aromatic hydroxyl groups is 1. The summed E-state index contributed by atoms with van der Waals surface area (Å²) in [4.78, 5) is 15.8. The Labute approximate surface area is 126 Å². The van der Waals surface area contributed by atoms with E-state index in [0.717, 1.165) is 0 Å². The summed E-state index contributed by atoms with van der Waals surface area (Å²) in [5.41, 5.74) is 1.23. The van der Waals surface area contributed by atoms with Crippen molar-refractivity contribution in [2.75, 3.05) is 7.11 Å². The van der Waals surface area contributed by atoms with E-state index in [1.54, 1.807) is 24.3 Å². The monoisotopic (exact) mass is 385 g/mol. The van der Waals surface area contributed by atoms with Gasteiger partial charge in [0.1, 0.15) is 5.75 Å². The van der Waals surface area contributed by atoms with Crippen LogP contribution in [0.3, 0.4) is 0 Å². The Balaban J connectivity index is 2.40. The van der Waals surface area contributed by atoms with Gasteiger partial charge in [-0.3, -0.25) is 4.79 Å². The first-order valence-corrected chi connectivity index (χ1v) is 6.84. The van der Waals surface area contributed by atoms with Crippen LogP contribution in [0.5, 0.6) is 5.75 Å². The Bertz CT molecular complexity index is 610. The molecule has 1 aliphatic rings. The van der Waals surface area contributed by atoms with Gasteiger partial charge >= 0.3 is 0 Å². The molecule has 0 aliphatic heterocycles. The summed E-state index contributed by atoms with van der Waals surface area (Å²) >= 11 is 6.47. The molecule has 0 spiro atoms. The van der Waals surface area contributed by atoms with E-state index in [0.29, 0.717) is 20.3 Å². The molecule has 1 aromatic carbocycles. The van der Waals surface area contributed by atoms with Crippen molar-refractivity contribution in [3.05, 3.63) is 45.1 Å². The zero-order valence-corrected chi connectivity index (χ0v) is 13.0. The molecule has 0 saturated heterocycles. The Kier molecular flexibility index (Phi) is 4.21. The Hall–Kier alpha value is -1.40. The van der Waals surface area contributed by atoms with Crippen molar-refractivity contribution in [3.8, 4) is 5.75 Å². The van der Waals surface area contributed by atoms with Crippen LogP contribution in [0, 0.1) is 0 Å². The normalized spacial score (nSPS) is 16.7. The highest BCUT2D eigenvalue weighted by Crippen LogP contribution is 2.36. The Morgan fingerprint density at radius 2 is 1.84 bits per heavy atom. The van der Waals surface area contributed by atoms with Crippen LogP contribution in [-0.4, -0.2) is 23.7 Å². The Morgan fingerprint density at radius 1 is 1.21 bits per heavy atom. The van der Waals surface area contributed by atoms with E-state index < -0.39 is 0 Å². The molecule has 0 bridgehead atoms. The molecule has 0 radical (unpaired) electrons. The van der Waals surface area contributed by atoms with Gasteiger partial charge in [0, 0.05) is 6.08 Å². The van der Waals surface area contributed by atoms with E-state index in [1.807, 2.05) is 0 Å². The number of benzene rings is 1. The lowest BCUT2D eigenvalue weighted by Gasteiger charge is -2.07. The lowest BCUT2D eigenvalue weighted by Crippen LogP contribution is -2.08. The molecule has 6 heteroatoms. The van der Waals surface area contributed by atoms with E-state index >= 15 is 0 Å². The highest BCUT2D eigenvalue weighted by Gasteiger charge is 2.12. The summed E-state index contributed by atoms with van der Waals surface area (Å²) in [5.74, 6) is 0.180. The molecule has 1 N–H and O–H groups in total. The minimum Gasteiger partial charge on any atom is -0.506 e. The minimum absolute atomic E-state index is 0.117. The number of ketones is 1. The van der Waals surface area contributed by atoms with Crippen molar-refractivity contribution in [1.82, 2.24) is 0 Å². The summed E-state index contributed by atoms with van der Waals surface area (Å²) in [6, 6.07) is 3.36. The first-order valence-electron chi connectivity index (χ1n) is 5.26. The van der Waals surface area contributed by atoms with Gasteiger partial charge in [0.2, 0.25) is 5.78 Å². The van der Waals surface area contributed by atoms with E-state index in [4.69, 9.17) is 4.74 Å². The summed E-state index contributed by atoms with van der Waals surface area (Å²) in [5, 5.41) is 9.62. The van der Waals surface area contributed by atoms with Crippen LogP contribution in [0.4, 0.5) is 5.69 Å². The predicted octanol–water partition coefficient (Wildman–Crippen LogP) is 3.66. The molecule has 2 rings (SSSR count). The zero-order chi connectivity index (χ0) is 14.0. The topological polar surface area (TPSA) is 58.9 Å². The largest absolute Gasteiger partial charge is 0.506 e. The standard InChI is InChI=1S/C13H9Br2NO3/c1-19-12-6-7(2-3-11(12)17)16-8-4-9(14)13(18)10(15)5-8/h2-6,18H,1H3. The second-order valence-corrected chi connectivity index (χ2v) is 5.41. The van der Waals surface area contributed by atoms with E-state index in [9.17, 15) is 9.90 Å². The number of carbonyl (C=O) groups excluding carboxylic acids is 1. The average Bonchev–Trinajstić information content (AvgIpc) is 2.38. The third kappa shape index (κ3) is 3.13. The number of nitrogens with zero attached hydrogens (tertiary/aromatic N) is 1.